The Kier molecular flexibility index (Phi) is 4.90. The standard InChI is InChI=1S/C19H26N4O2/c24-19(20-13-16-12-15-4-1-2-6-18(15)21-16)23-7-3-5-17(23)14-22-8-10-25-11-9-22/h1-2,4,6,12,17,21H,3,5,7-11,13-14H2,(H,20,24). The van der Waals surface area contributed by atoms with Crippen LogP contribution in [0.3, 0.4) is 0 Å². The molecule has 134 valence electrons. The average Bonchev–Trinajstić information content (AvgIpc) is 3.27. The molecule has 0 bridgehead atoms. The molecule has 2 aliphatic heterocycles. The molecule has 0 radical (unpaired) electrons. The molecule has 1 unspecified atom stereocenters. The number of fused-ring (bicyclic) bond motifs is 1. The van der Waals surface area contributed by atoms with Crippen LogP contribution in [0, 0.1) is 0 Å². The van der Waals surface area contributed by atoms with Gasteiger partial charge in [-0.05, 0) is 30.4 Å². The Bertz CT molecular complexity index is 690. The van der Waals surface area contributed by atoms with Crippen molar-refractivity contribution in [1.29, 1.82) is 0 Å². The Morgan fingerprint density at radius 1 is 1.24 bits per heavy atom. The number of H-pyrrole nitrogens is 1. The van der Waals surface area contributed by atoms with Gasteiger partial charge in [-0.3, -0.25) is 4.90 Å². The summed E-state index contributed by atoms with van der Waals surface area (Å²) in [5.74, 6) is 0. The summed E-state index contributed by atoms with van der Waals surface area (Å²) in [4.78, 5) is 20.4. The number of nitrogens with one attached hydrogen (secondary N) is 2. The van der Waals surface area contributed by atoms with Gasteiger partial charge in [-0.15, -0.1) is 0 Å². The molecule has 1 atom stereocenters. The van der Waals surface area contributed by atoms with Crippen molar-refractivity contribution in [3.8, 4) is 0 Å². The van der Waals surface area contributed by atoms with Crippen molar-refractivity contribution in [2.24, 2.45) is 0 Å². The minimum absolute atomic E-state index is 0.0504. The summed E-state index contributed by atoms with van der Waals surface area (Å²) in [5.41, 5.74) is 2.15. The minimum Gasteiger partial charge on any atom is -0.379 e. The van der Waals surface area contributed by atoms with Gasteiger partial charge in [0.25, 0.3) is 0 Å². The van der Waals surface area contributed by atoms with Crippen molar-refractivity contribution in [2.45, 2.75) is 25.4 Å². The molecule has 25 heavy (non-hydrogen) atoms. The lowest BCUT2D eigenvalue weighted by atomic mass is 10.2. The third-order valence-corrected chi connectivity index (χ3v) is 5.23. The van der Waals surface area contributed by atoms with E-state index in [1.165, 1.54) is 5.39 Å². The van der Waals surface area contributed by atoms with Gasteiger partial charge in [0.05, 0.1) is 19.8 Å². The first kappa shape index (κ1) is 16.4. The predicted molar refractivity (Wildman–Crippen MR) is 97.5 cm³/mol. The highest BCUT2D eigenvalue weighted by Gasteiger charge is 2.30. The Morgan fingerprint density at radius 3 is 2.92 bits per heavy atom. The number of benzene rings is 1. The molecule has 0 spiro atoms. The van der Waals surface area contributed by atoms with E-state index < -0.39 is 0 Å². The Hall–Kier alpha value is -2.05. The van der Waals surface area contributed by atoms with Crippen LogP contribution < -0.4 is 5.32 Å². The van der Waals surface area contributed by atoms with Crippen LogP contribution in [0.5, 0.6) is 0 Å². The largest absolute Gasteiger partial charge is 0.379 e. The number of carbonyl (C=O) groups excluding carboxylic acids is 1. The van der Waals surface area contributed by atoms with E-state index in [2.05, 4.69) is 33.4 Å². The van der Waals surface area contributed by atoms with Gasteiger partial charge in [0.1, 0.15) is 0 Å². The Labute approximate surface area is 148 Å². The zero-order chi connectivity index (χ0) is 17.1. The fourth-order valence-electron chi connectivity index (χ4n) is 3.88. The van der Waals surface area contributed by atoms with Gasteiger partial charge in [0.15, 0.2) is 0 Å². The predicted octanol–water partition coefficient (Wildman–Crippen LogP) is 2.17. The van der Waals surface area contributed by atoms with Crippen LogP contribution in [0.25, 0.3) is 10.9 Å². The maximum atomic E-state index is 12.6. The SMILES string of the molecule is O=C(NCc1cc2ccccc2[nH]1)N1CCCC1CN1CCOCC1. The number of rotatable bonds is 4. The molecule has 2 fully saturated rings. The van der Waals surface area contributed by atoms with Crippen LogP contribution in [0.2, 0.25) is 0 Å². The second-order valence-corrected chi connectivity index (χ2v) is 6.94. The van der Waals surface area contributed by atoms with Crippen molar-refractivity contribution in [2.75, 3.05) is 39.4 Å². The lowest BCUT2D eigenvalue weighted by Gasteiger charge is -2.32. The monoisotopic (exact) mass is 342 g/mol. The number of hydrogen-bond acceptors (Lipinski definition) is 3. The van der Waals surface area contributed by atoms with Gasteiger partial charge in [-0.1, -0.05) is 18.2 Å². The molecule has 1 aromatic heterocycles. The van der Waals surface area contributed by atoms with E-state index in [0.717, 1.165) is 63.4 Å². The Morgan fingerprint density at radius 2 is 2.08 bits per heavy atom. The third-order valence-electron chi connectivity index (χ3n) is 5.23. The maximum absolute atomic E-state index is 12.6. The van der Waals surface area contributed by atoms with E-state index in [9.17, 15) is 4.79 Å². The summed E-state index contributed by atoms with van der Waals surface area (Å²) in [5, 5.41) is 4.26. The molecule has 0 aliphatic carbocycles. The van der Waals surface area contributed by atoms with E-state index in [4.69, 9.17) is 4.74 Å². The number of morpholine rings is 1. The molecule has 4 rings (SSSR count). The van der Waals surface area contributed by atoms with E-state index in [1.54, 1.807) is 0 Å². The molecule has 1 aromatic carbocycles. The highest BCUT2D eigenvalue weighted by molar-refractivity contribution is 5.80. The number of carbonyl (C=O) groups is 1. The number of aromatic nitrogens is 1. The number of aromatic amines is 1. The molecule has 2 aliphatic rings. The zero-order valence-electron chi connectivity index (χ0n) is 14.5. The molecule has 2 saturated heterocycles. The van der Waals surface area contributed by atoms with Gasteiger partial charge in [-0.25, -0.2) is 4.79 Å². The molecule has 2 aromatic rings. The number of likely N-dealkylation sites (tertiary alicyclic amines) is 1. The second-order valence-electron chi connectivity index (χ2n) is 6.94. The summed E-state index contributed by atoms with van der Waals surface area (Å²) in [6, 6.07) is 10.6. The first-order valence-electron chi connectivity index (χ1n) is 9.21. The first-order valence-corrected chi connectivity index (χ1v) is 9.21. The first-order chi connectivity index (χ1) is 12.3. The van der Waals surface area contributed by atoms with Gasteiger partial charge in [0, 0.05) is 43.4 Å². The lowest BCUT2D eigenvalue weighted by molar-refractivity contribution is 0.0292. The van der Waals surface area contributed by atoms with Crippen LogP contribution in [0.4, 0.5) is 4.79 Å². The number of amides is 2. The third kappa shape index (κ3) is 3.80. The van der Waals surface area contributed by atoms with Crippen LogP contribution >= 0.6 is 0 Å². The van der Waals surface area contributed by atoms with Crippen LogP contribution in [-0.4, -0.2) is 66.2 Å². The van der Waals surface area contributed by atoms with Crippen LogP contribution in [-0.2, 0) is 11.3 Å². The Balaban J connectivity index is 1.33. The summed E-state index contributed by atoms with van der Waals surface area (Å²) < 4.78 is 5.41. The highest BCUT2D eigenvalue weighted by atomic mass is 16.5. The van der Waals surface area contributed by atoms with Crippen molar-refractivity contribution in [3.63, 3.8) is 0 Å². The van der Waals surface area contributed by atoms with Crippen molar-refractivity contribution in [3.05, 3.63) is 36.0 Å². The van der Waals surface area contributed by atoms with E-state index in [-0.39, 0.29) is 6.03 Å². The molecule has 0 saturated carbocycles. The molecular formula is C19H26N4O2. The van der Waals surface area contributed by atoms with Crippen LogP contribution in [0.1, 0.15) is 18.5 Å². The maximum Gasteiger partial charge on any atom is 0.318 e. The van der Waals surface area contributed by atoms with E-state index in [1.807, 2.05) is 17.0 Å². The summed E-state index contributed by atoms with van der Waals surface area (Å²) >= 11 is 0. The van der Waals surface area contributed by atoms with Gasteiger partial charge < -0.3 is 19.9 Å². The van der Waals surface area contributed by atoms with Gasteiger partial charge in [0.2, 0.25) is 0 Å². The minimum atomic E-state index is 0.0504. The molecule has 6 nitrogen and oxygen atoms in total. The smallest absolute Gasteiger partial charge is 0.318 e. The fourth-order valence-corrected chi connectivity index (χ4v) is 3.88. The second kappa shape index (κ2) is 7.45. The molecule has 6 heteroatoms. The van der Waals surface area contributed by atoms with Crippen LogP contribution in [0.15, 0.2) is 30.3 Å². The molecule has 2 N–H and O–H groups in total. The lowest BCUT2D eigenvalue weighted by Crippen LogP contribution is -2.49. The fraction of sp³-hybridized carbons (Fsp3) is 0.526. The average molecular weight is 342 g/mol. The topological polar surface area (TPSA) is 60.6 Å². The number of hydrogen-bond donors (Lipinski definition) is 2. The zero-order valence-corrected chi connectivity index (χ0v) is 14.5. The van der Waals surface area contributed by atoms with E-state index in [0.29, 0.717) is 12.6 Å². The van der Waals surface area contributed by atoms with Crippen molar-refractivity contribution >= 4 is 16.9 Å². The molecule has 2 amide bonds. The summed E-state index contributed by atoms with van der Waals surface area (Å²) in [7, 11) is 0. The van der Waals surface area contributed by atoms with Gasteiger partial charge >= 0.3 is 6.03 Å². The number of para-hydroxylation sites is 1. The van der Waals surface area contributed by atoms with E-state index >= 15 is 0 Å². The molecule has 3 heterocycles. The van der Waals surface area contributed by atoms with Gasteiger partial charge in [-0.2, -0.15) is 0 Å². The van der Waals surface area contributed by atoms with Crippen molar-refractivity contribution < 1.29 is 9.53 Å². The number of nitrogens with zero attached hydrogens (tertiary/aromatic N) is 2. The molecular weight excluding hydrogens is 316 g/mol. The number of urea groups is 1. The quantitative estimate of drug-likeness (QED) is 0.895. The normalized spacial score (nSPS) is 21.8. The number of ether oxygens (including phenoxy) is 1. The highest BCUT2D eigenvalue weighted by Crippen LogP contribution is 2.19. The summed E-state index contributed by atoms with van der Waals surface area (Å²) in [6.45, 7) is 5.91. The summed E-state index contributed by atoms with van der Waals surface area (Å²) in [6.07, 6.45) is 2.19. The van der Waals surface area contributed by atoms with Crippen molar-refractivity contribution in [1.82, 2.24) is 20.1 Å².